The quantitative estimate of drug-likeness (QED) is 0.894. The minimum Gasteiger partial charge on any atom is -0.495 e. The van der Waals surface area contributed by atoms with Crippen LogP contribution >= 0.6 is 11.6 Å². The minimum atomic E-state index is -0.131. The van der Waals surface area contributed by atoms with Crippen molar-refractivity contribution in [2.75, 3.05) is 53.3 Å². The lowest BCUT2D eigenvalue weighted by Gasteiger charge is -2.20. The fourth-order valence-electron chi connectivity index (χ4n) is 2.83. The molecule has 1 heterocycles. The minimum absolute atomic E-state index is 0.131. The van der Waals surface area contributed by atoms with Crippen molar-refractivity contribution in [3.05, 3.63) is 17.2 Å². The zero-order valence-electron chi connectivity index (χ0n) is 14.1. The van der Waals surface area contributed by atoms with Crippen molar-refractivity contribution in [2.24, 2.45) is 5.92 Å². The van der Waals surface area contributed by atoms with Gasteiger partial charge < -0.3 is 24.6 Å². The Morgan fingerprint density at radius 3 is 2.65 bits per heavy atom. The zero-order valence-corrected chi connectivity index (χ0v) is 14.8. The Labute approximate surface area is 142 Å². The molecule has 1 N–H and O–H groups in total. The molecule has 0 radical (unpaired) electrons. The Morgan fingerprint density at radius 2 is 2.04 bits per heavy atom. The number of anilines is 1. The van der Waals surface area contributed by atoms with Crippen molar-refractivity contribution in [3.63, 3.8) is 0 Å². The molecule has 0 saturated carbocycles. The van der Waals surface area contributed by atoms with Gasteiger partial charge in [0.2, 0.25) is 0 Å². The maximum absolute atomic E-state index is 12.5. The number of carbonyl (C=O) groups is 1. The van der Waals surface area contributed by atoms with Gasteiger partial charge in [-0.3, -0.25) is 0 Å². The molecule has 0 spiro atoms. The number of amides is 2. The van der Waals surface area contributed by atoms with E-state index in [4.69, 9.17) is 21.1 Å². The third kappa shape index (κ3) is 4.42. The van der Waals surface area contributed by atoms with Crippen molar-refractivity contribution in [3.8, 4) is 11.5 Å². The fourth-order valence-corrected chi connectivity index (χ4v) is 3.07. The van der Waals surface area contributed by atoms with E-state index in [9.17, 15) is 4.79 Å². The SMILES string of the molecule is COc1cc(NC(=O)N2CCC(CN(C)C)C2)c(OC)cc1Cl. The summed E-state index contributed by atoms with van der Waals surface area (Å²) < 4.78 is 10.5. The van der Waals surface area contributed by atoms with Gasteiger partial charge in [-0.15, -0.1) is 0 Å². The number of likely N-dealkylation sites (tertiary alicyclic amines) is 1. The number of urea groups is 1. The summed E-state index contributed by atoms with van der Waals surface area (Å²) in [4.78, 5) is 16.5. The Morgan fingerprint density at radius 1 is 1.35 bits per heavy atom. The number of nitrogens with one attached hydrogen (secondary N) is 1. The van der Waals surface area contributed by atoms with Gasteiger partial charge >= 0.3 is 6.03 Å². The second-order valence-corrected chi connectivity index (χ2v) is 6.39. The molecule has 1 aliphatic rings. The third-order valence-corrected chi connectivity index (χ3v) is 4.21. The molecule has 2 amide bonds. The van der Waals surface area contributed by atoms with Crippen LogP contribution < -0.4 is 14.8 Å². The summed E-state index contributed by atoms with van der Waals surface area (Å²) in [6, 6.07) is 3.18. The number of hydrogen-bond donors (Lipinski definition) is 1. The van der Waals surface area contributed by atoms with Gasteiger partial charge in [0.1, 0.15) is 11.5 Å². The van der Waals surface area contributed by atoms with Gasteiger partial charge in [0.25, 0.3) is 0 Å². The molecule has 0 bridgehead atoms. The Bertz CT molecular complexity index is 566. The molecule has 1 aromatic carbocycles. The zero-order chi connectivity index (χ0) is 17.0. The van der Waals surface area contributed by atoms with Crippen LogP contribution in [-0.4, -0.2) is 63.8 Å². The van der Waals surface area contributed by atoms with E-state index in [1.165, 1.54) is 14.2 Å². The molecule has 1 aromatic rings. The lowest BCUT2D eigenvalue weighted by molar-refractivity contribution is 0.219. The number of methoxy groups -OCH3 is 2. The summed E-state index contributed by atoms with van der Waals surface area (Å²) in [7, 11) is 7.17. The highest BCUT2D eigenvalue weighted by molar-refractivity contribution is 6.32. The monoisotopic (exact) mass is 341 g/mol. The van der Waals surface area contributed by atoms with Crippen LogP contribution in [-0.2, 0) is 0 Å². The summed E-state index contributed by atoms with van der Waals surface area (Å²) in [6.45, 7) is 2.51. The summed E-state index contributed by atoms with van der Waals surface area (Å²) in [5, 5.41) is 3.33. The molecule has 2 rings (SSSR count). The van der Waals surface area contributed by atoms with Gasteiger partial charge in [0.05, 0.1) is 24.9 Å². The van der Waals surface area contributed by atoms with E-state index >= 15 is 0 Å². The molecule has 7 heteroatoms. The standard InChI is InChI=1S/C16H24ClN3O3/c1-19(2)9-11-5-6-20(10-11)16(21)18-13-8-14(22-3)12(17)7-15(13)23-4/h7-8,11H,5-6,9-10H2,1-4H3,(H,18,21). The lowest BCUT2D eigenvalue weighted by Crippen LogP contribution is -2.34. The first-order valence-electron chi connectivity index (χ1n) is 7.56. The molecular weight excluding hydrogens is 318 g/mol. The maximum atomic E-state index is 12.5. The van der Waals surface area contributed by atoms with Crippen LogP contribution in [0.2, 0.25) is 5.02 Å². The molecule has 0 aliphatic carbocycles. The van der Waals surface area contributed by atoms with E-state index < -0.39 is 0 Å². The average Bonchev–Trinajstić information content (AvgIpc) is 2.96. The summed E-state index contributed by atoms with van der Waals surface area (Å²) in [6.07, 6.45) is 1.02. The number of nitrogens with zero attached hydrogens (tertiary/aromatic N) is 2. The molecular formula is C16H24ClN3O3. The van der Waals surface area contributed by atoms with Gasteiger partial charge in [0, 0.05) is 31.8 Å². The number of hydrogen-bond acceptors (Lipinski definition) is 4. The van der Waals surface area contributed by atoms with E-state index in [-0.39, 0.29) is 6.03 Å². The van der Waals surface area contributed by atoms with Crippen LogP contribution in [0.3, 0.4) is 0 Å². The maximum Gasteiger partial charge on any atom is 0.321 e. The van der Waals surface area contributed by atoms with Crippen LogP contribution in [0.5, 0.6) is 11.5 Å². The lowest BCUT2D eigenvalue weighted by atomic mass is 10.1. The largest absolute Gasteiger partial charge is 0.495 e. The molecule has 0 aromatic heterocycles. The number of benzene rings is 1. The van der Waals surface area contributed by atoms with Crippen molar-refractivity contribution >= 4 is 23.3 Å². The van der Waals surface area contributed by atoms with Crippen molar-refractivity contribution in [2.45, 2.75) is 6.42 Å². The van der Waals surface area contributed by atoms with E-state index in [0.717, 1.165) is 26.1 Å². The first kappa shape index (κ1) is 17.7. The molecule has 1 aliphatic heterocycles. The molecule has 6 nitrogen and oxygen atoms in total. The Hall–Kier alpha value is -1.66. The Kier molecular flexibility index (Phi) is 5.96. The Balaban J connectivity index is 2.06. The topological polar surface area (TPSA) is 54.0 Å². The molecule has 128 valence electrons. The van der Waals surface area contributed by atoms with Crippen molar-refractivity contribution in [1.82, 2.24) is 9.80 Å². The first-order chi connectivity index (χ1) is 10.9. The second-order valence-electron chi connectivity index (χ2n) is 5.98. The normalized spacial score (nSPS) is 17.5. The summed E-state index contributed by atoms with van der Waals surface area (Å²) in [5.74, 6) is 1.51. The predicted octanol–water partition coefficient (Wildman–Crippen LogP) is 2.77. The molecule has 1 atom stereocenters. The predicted molar refractivity (Wildman–Crippen MR) is 91.8 cm³/mol. The van der Waals surface area contributed by atoms with Gasteiger partial charge in [-0.05, 0) is 26.4 Å². The third-order valence-electron chi connectivity index (χ3n) is 3.91. The van der Waals surface area contributed by atoms with Crippen molar-refractivity contribution in [1.29, 1.82) is 0 Å². The number of ether oxygens (including phenoxy) is 2. The van der Waals surface area contributed by atoms with Crippen molar-refractivity contribution < 1.29 is 14.3 Å². The molecule has 1 unspecified atom stereocenters. The van der Waals surface area contributed by atoms with Gasteiger partial charge in [-0.1, -0.05) is 11.6 Å². The van der Waals surface area contributed by atoms with E-state index in [2.05, 4.69) is 10.2 Å². The molecule has 1 fully saturated rings. The molecule has 23 heavy (non-hydrogen) atoms. The second kappa shape index (κ2) is 7.75. The van der Waals surface area contributed by atoms with Crippen LogP contribution in [0.25, 0.3) is 0 Å². The first-order valence-corrected chi connectivity index (χ1v) is 7.94. The fraction of sp³-hybridized carbons (Fsp3) is 0.562. The molecule has 1 saturated heterocycles. The summed E-state index contributed by atoms with van der Waals surface area (Å²) in [5.41, 5.74) is 0.551. The van der Waals surface area contributed by atoms with E-state index in [1.807, 2.05) is 19.0 Å². The number of halogens is 1. The number of carbonyl (C=O) groups excluding carboxylic acids is 1. The smallest absolute Gasteiger partial charge is 0.321 e. The van der Waals surface area contributed by atoms with Gasteiger partial charge in [-0.2, -0.15) is 0 Å². The van der Waals surface area contributed by atoms with Crippen LogP contribution in [0.4, 0.5) is 10.5 Å². The highest BCUT2D eigenvalue weighted by Crippen LogP contribution is 2.36. The van der Waals surface area contributed by atoms with E-state index in [0.29, 0.717) is 28.1 Å². The average molecular weight is 342 g/mol. The number of rotatable bonds is 5. The summed E-state index contributed by atoms with van der Waals surface area (Å²) >= 11 is 6.08. The van der Waals surface area contributed by atoms with Crippen LogP contribution in [0, 0.1) is 5.92 Å². The van der Waals surface area contributed by atoms with Crippen LogP contribution in [0.1, 0.15) is 6.42 Å². The van der Waals surface area contributed by atoms with Gasteiger partial charge in [-0.25, -0.2) is 4.79 Å². The van der Waals surface area contributed by atoms with Crippen LogP contribution in [0.15, 0.2) is 12.1 Å². The highest BCUT2D eigenvalue weighted by Gasteiger charge is 2.27. The van der Waals surface area contributed by atoms with E-state index in [1.54, 1.807) is 12.1 Å². The highest BCUT2D eigenvalue weighted by atomic mass is 35.5. The van der Waals surface area contributed by atoms with Gasteiger partial charge in [0.15, 0.2) is 0 Å².